The van der Waals surface area contributed by atoms with Crippen molar-refractivity contribution in [3.8, 4) is 0 Å². The summed E-state index contributed by atoms with van der Waals surface area (Å²) in [4.78, 5) is 15.4. The molecule has 4 rings (SSSR count). The standard InChI is InChI=1S/C17H20FN5/c18-14-1-3-15(4-2-14)21-7-9-22(10-8-21)16-11-23(12-16)17-5-6-19-13-20-17/h1-6,13,16H,7-12H2. The second-order valence-electron chi connectivity index (χ2n) is 6.13. The highest BCUT2D eigenvalue weighted by molar-refractivity contribution is 5.47. The van der Waals surface area contributed by atoms with E-state index in [0.29, 0.717) is 6.04 Å². The molecule has 3 heterocycles. The van der Waals surface area contributed by atoms with E-state index in [9.17, 15) is 4.39 Å². The molecule has 2 aliphatic heterocycles. The van der Waals surface area contributed by atoms with Gasteiger partial charge in [0.25, 0.3) is 0 Å². The van der Waals surface area contributed by atoms with E-state index in [0.717, 1.165) is 50.8 Å². The molecule has 120 valence electrons. The molecule has 5 nitrogen and oxygen atoms in total. The van der Waals surface area contributed by atoms with Gasteiger partial charge < -0.3 is 9.80 Å². The van der Waals surface area contributed by atoms with Crippen LogP contribution in [0, 0.1) is 5.82 Å². The molecule has 0 N–H and O–H groups in total. The Morgan fingerprint density at radius 2 is 1.65 bits per heavy atom. The third kappa shape index (κ3) is 2.99. The predicted molar refractivity (Wildman–Crippen MR) is 88.2 cm³/mol. The molecule has 23 heavy (non-hydrogen) atoms. The molecule has 2 saturated heterocycles. The van der Waals surface area contributed by atoms with Crippen LogP contribution >= 0.6 is 0 Å². The van der Waals surface area contributed by atoms with Crippen molar-refractivity contribution >= 4 is 11.5 Å². The summed E-state index contributed by atoms with van der Waals surface area (Å²) in [6, 6.07) is 9.37. The van der Waals surface area contributed by atoms with Crippen LogP contribution in [0.1, 0.15) is 0 Å². The average molecular weight is 313 g/mol. The van der Waals surface area contributed by atoms with Crippen molar-refractivity contribution in [2.45, 2.75) is 6.04 Å². The summed E-state index contributed by atoms with van der Waals surface area (Å²) in [5.74, 6) is 0.841. The Morgan fingerprint density at radius 3 is 2.30 bits per heavy atom. The summed E-state index contributed by atoms with van der Waals surface area (Å²) >= 11 is 0. The van der Waals surface area contributed by atoms with Gasteiger partial charge in [-0.3, -0.25) is 4.90 Å². The van der Waals surface area contributed by atoms with Crippen LogP contribution in [-0.4, -0.2) is 60.2 Å². The van der Waals surface area contributed by atoms with Crippen molar-refractivity contribution in [1.82, 2.24) is 14.9 Å². The second kappa shape index (κ2) is 6.12. The highest BCUT2D eigenvalue weighted by Crippen LogP contribution is 2.23. The third-order valence-corrected chi connectivity index (χ3v) is 4.78. The third-order valence-electron chi connectivity index (χ3n) is 4.78. The van der Waals surface area contributed by atoms with E-state index in [2.05, 4.69) is 24.7 Å². The lowest BCUT2D eigenvalue weighted by Gasteiger charge is -2.48. The van der Waals surface area contributed by atoms with Gasteiger partial charge in [-0.2, -0.15) is 0 Å². The molecule has 0 radical (unpaired) electrons. The fraction of sp³-hybridized carbons (Fsp3) is 0.412. The number of anilines is 2. The molecule has 6 heteroatoms. The van der Waals surface area contributed by atoms with Crippen LogP contribution < -0.4 is 9.80 Å². The molecule has 2 aromatic rings. The lowest BCUT2D eigenvalue weighted by Crippen LogP contribution is -2.63. The number of benzene rings is 1. The van der Waals surface area contributed by atoms with Crippen molar-refractivity contribution in [2.24, 2.45) is 0 Å². The molecule has 0 saturated carbocycles. The molecule has 1 aromatic carbocycles. The number of hydrogen-bond donors (Lipinski definition) is 0. The van der Waals surface area contributed by atoms with E-state index in [1.165, 1.54) is 12.1 Å². The quantitative estimate of drug-likeness (QED) is 0.860. The summed E-state index contributed by atoms with van der Waals surface area (Å²) in [5, 5.41) is 0. The van der Waals surface area contributed by atoms with Gasteiger partial charge in [-0.1, -0.05) is 0 Å². The van der Waals surface area contributed by atoms with Crippen LogP contribution in [0.15, 0.2) is 42.9 Å². The largest absolute Gasteiger partial charge is 0.369 e. The number of piperazine rings is 1. The first-order valence-corrected chi connectivity index (χ1v) is 8.05. The molecule has 0 aliphatic carbocycles. The summed E-state index contributed by atoms with van der Waals surface area (Å²) < 4.78 is 13.0. The molecule has 2 aliphatic rings. The van der Waals surface area contributed by atoms with E-state index in [1.807, 2.05) is 18.2 Å². The van der Waals surface area contributed by atoms with Crippen LogP contribution in [0.5, 0.6) is 0 Å². The molecule has 2 fully saturated rings. The summed E-state index contributed by atoms with van der Waals surface area (Å²) in [5.41, 5.74) is 1.11. The van der Waals surface area contributed by atoms with E-state index >= 15 is 0 Å². The molecular formula is C17H20FN5. The van der Waals surface area contributed by atoms with Gasteiger partial charge in [-0.15, -0.1) is 0 Å². The number of hydrogen-bond acceptors (Lipinski definition) is 5. The predicted octanol–water partition coefficient (Wildman–Crippen LogP) is 1.63. The number of rotatable bonds is 3. The van der Waals surface area contributed by atoms with E-state index in [-0.39, 0.29) is 5.82 Å². The number of halogens is 1. The van der Waals surface area contributed by atoms with Crippen molar-refractivity contribution in [2.75, 3.05) is 49.1 Å². The first-order valence-electron chi connectivity index (χ1n) is 8.05. The van der Waals surface area contributed by atoms with E-state index in [4.69, 9.17) is 0 Å². The Morgan fingerprint density at radius 1 is 0.913 bits per heavy atom. The maximum Gasteiger partial charge on any atom is 0.132 e. The fourth-order valence-electron chi connectivity index (χ4n) is 3.34. The van der Waals surface area contributed by atoms with E-state index in [1.54, 1.807) is 12.5 Å². The monoisotopic (exact) mass is 313 g/mol. The van der Waals surface area contributed by atoms with Crippen LogP contribution in [0.2, 0.25) is 0 Å². The normalized spacial score (nSPS) is 19.7. The molecule has 0 unspecified atom stereocenters. The number of aromatic nitrogens is 2. The van der Waals surface area contributed by atoms with Crippen LogP contribution in [0.4, 0.5) is 15.9 Å². The van der Waals surface area contributed by atoms with E-state index < -0.39 is 0 Å². The van der Waals surface area contributed by atoms with Crippen molar-refractivity contribution in [1.29, 1.82) is 0 Å². The maximum absolute atomic E-state index is 13.0. The molecular weight excluding hydrogens is 293 g/mol. The fourth-order valence-corrected chi connectivity index (χ4v) is 3.34. The Kier molecular flexibility index (Phi) is 3.83. The highest BCUT2D eigenvalue weighted by Gasteiger charge is 2.34. The average Bonchev–Trinajstić information content (AvgIpc) is 2.56. The lowest BCUT2D eigenvalue weighted by molar-refractivity contribution is 0.157. The van der Waals surface area contributed by atoms with Crippen LogP contribution in [0.3, 0.4) is 0 Å². The molecule has 1 aromatic heterocycles. The summed E-state index contributed by atoms with van der Waals surface area (Å²) in [6.07, 6.45) is 3.39. The molecule has 0 bridgehead atoms. The van der Waals surface area contributed by atoms with Crippen molar-refractivity contribution < 1.29 is 4.39 Å². The van der Waals surface area contributed by atoms with Gasteiger partial charge in [0.15, 0.2) is 0 Å². The second-order valence-corrected chi connectivity index (χ2v) is 6.13. The highest BCUT2D eigenvalue weighted by atomic mass is 19.1. The van der Waals surface area contributed by atoms with Crippen molar-refractivity contribution in [3.63, 3.8) is 0 Å². The van der Waals surface area contributed by atoms with Gasteiger partial charge in [-0.25, -0.2) is 14.4 Å². The topological polar surface area (TPSA) is 35.5 Å². The minimum atomic E-state index is -0.174. The maximum atomic E-state index is 13.0. The van der Waals surface area contributed by atoms with Crippen LogP contribution in [-0.2, 0) is 0 Å². The van der Waals surface area contributed by atoms with Gasteiger partial charge in [-0.05, 0) is 30.3 Å². The zero-order valence-corrected chi connectivity index (χ0v) is 13.0. The first kappa shape index (κ1) is 14.4. The summed E-state index contributed by atoms with van der Waals surface area (Å²) in [6.45, 7) is 6.17. The Balaban J connectivity index is 1.29. The molecule has 0 spiro atoms. The Bertz CT molecular complexity index is 634. The van der Waals surface area contributed by atoms with Gasteiger partial charge in [0, 0.05) is 57.2 Å². The number of nitrogens with zero attached hydrogens (tertiary/aromatic N) is 5. The van der Waals surface area contributed by atoms with Gasteiger partial charge in [0.05, 0.1) is 0 Å². The van der Waals surface area contributed by atoms with Gasteiger partial charge >= 0.3 is 0 Å². The smallest absolute Gasteiger partial charge is 0.132 e. The molecule has 0 atom stereocenters. The molecule has 0 amide bonds. The van der Waals surface area contributed by atoms with Gasteiger partial charge in [0.2, 0.25) is 0 Å². The van der Waals surface area contributed by atoms with Gasteiger partial charge in [0.1, 0.15) is 18.0 Å². The summed E-state index contributed by atoms with van der Waals surface area (Å²) in [7, 11) is 0. The Hall–Kier alpha value is -2.21. The zero-order chi connectivity index (χ0) is 15.6. The zero-order valence-electron chi connectivity index (χ0n) is 13.0. The van der Waals surface area contributed by atoms with Crippen LogP contribution in [0.25, 0.3) is 0 Å². The minimum Gasteiger partial charge on any atom is -0.369 e. The first-order chi connectivity index (χ1) is 11.3. The Labute approximate surface area is 135 Å². The lowest BCUT2D eigenvalue weighted by atomic mass is 10.1. The minimum absolute atomic E-state index is 0.174. The SMILES string of the molecule is Fc1ccc(N2CCN(C3CN(c4ccncn4)C3)CC2)cc1. The van der Waals surface area contributed by atoms with Crippen molar-refractivity contribution in [3.05, 3.63) is 48.7 Å².